The maximum Gasteiger partial charge on any atom is 0.334 e. The predicted molar refractivity (Wildman–Crippen MR) is 237 cm³/mol. The van der Waals surface area contributed by atoms with Gasteiger partial charge in [-0.1, -0.05) is 100 Å². The Hall–Kier alpha value is -1.80. The van der Waals surface area contributed by atoms with E-state index in [1.54, 1.807) is 0 Å². The van der Waals surface area contributed by atoms with Gasteiger partial charge in [0.25, 0.3) is 0 Å². The molecule has 0 aromatic rings. The number of amides is 2. The second-order valence-electron chi connectivity index (χ2n) is 18.5. The van der Waals surface area contributed by atoms with Crippen LogP contribution in [0.4, 0.5) is 0 Å². The van der Waals surface area contributed by atoms with Crippen molar-refractivity contribution in [3.05, 3.63) is 11.1 Å². The van der Waals surface area contributed by atoms with E-state index in [9.17, 15) is 19.2 Å². The quantitative estimate of drug-likeness (QED) is 0.0416. The van der Waals surface area contributed by atoms with Crippen LogP contribution in [0.15, 0.2) is 11.1 Å². The molecule has 4 fully saturated rings. The standard InChI is InChI=1S/C45H72N2O8S2.H2O.3H2/c1-31(2)34-28-37-45(55-37)43(3)24-22-33-35(29-52-42(33)51)36(43)30-53-44(45,4)41(34)54-40(50)21-17-20-39(49)47-26-16-12-10-8-6-5-7-9-11-15-25-46-38(48)19-14-13-18-32-23-27-56-57-32;;;;/h31-32,34,36-37,41H,5-30H2,1-4H3,(H,46,48)(H,47,49);1H2;3*1H/t32?,34-,36?,37?,41+,43-,44+,45+;;;;/m0..../s1. The van der Waals surface area contributed by atoms with Gasteiger partial charge in [0.2, 0.25) is 11.8 Å². The van der Waals surface area contributed by atoms with Gasteiger partial charge in [-0.2, -0.15) is 0 Å². The maximum atomic E-state index is 13.4. The molecule has 58 heavy (non-hydrogen) atoms. The Bertz CT molecular complexity index is 1460. The fourth-order valence-corrected chi connectivity index (χ4v) is 14.0. The van der Waals surface area contributed by atoms with Crippen molar-refractivity contribution in [1.29, 1.82) is 0 Å². The molecule has 13 heteroatoms. The Balaban J connectivity index is 0.00000320. The topological polar surface area (TPSA) is 164 Å². The summed E-state index contributed by atoms with van der Waals surface area (Å²) in [5, 5.41) is 6.95. The molecule has 11 nitrogen and oxygen atoms in total. The van der Waals surface area contributed by atoms with Crippen LogP contribution in [0.25, 0.3) is 0 Å². The number of rotatable bonds is 24. The van der Waals surface area contributed by atoms with Gasteiger partial charge in [-0.25, -0.2) is 4.79 Å². The smallest absolute Gasteiger partial charge is 0.334 e. The number of cyclic esters (lactones) is 1. The van der Waals surface area contributed by atoms with Crippen LogP contribution in [-0.4, -0.2) is 89.9 Å². The number of fused-ring (bicyclic) bond motifs is 2. The van der Waals surface area contributed by atoms with E-state index >= 15 is 0 Å². The van der Waals surface area contributed by atoms with Crippen LogP contribution in [-0.2, 0) is 38.1 Å². The van der Waals surface area contributed by atoms with E-state index in [0.29, 0.717) is 45.4 Å². The second kappa shape index (κ2) is 21.8. The second-order valence-corrected chi connectivity index (χ2v) is 21.3. The summed E-state index contributed by atoms with van der Waals surface area (Å²) in [5.74, 6) is 1.42. The molecule has 2 aliphatic carbocycles. The van der Waals surface area contributed by atoms with E-state index in [1.165, 1.54) is 70.0 Å². The minimum atomic E-state index is -0.808. The van der Waals surface area contributed by atoms with Gasteiger partial charge in [-0.05, 0) is 76.2 Å². The first-order valence-electron chi connectivity index (χ1n) is 22.7. The summed E-state index contributed by atoms with van der Waals surface area (Å²) >= 11 is 0. The number of unbranched alkanes of at least 4 members (excludes halogenated alkanes) is 10. The van der Waals surface area contributed by atoms with Crippen LogP contribution < -0.4 is 10.6 Å². The van der Waals surface area contributed by atoms with Crippen molar-refractivity contribution in [3.8, 4) is 0 Å². The first-order chi connectivity index (χ1) is 27.5. The largest absolute Gasteiger partial charge is 0.459 e. The van der Waals surface area contributed by atoms with Gasteiger partial charge in [0.05, 0.1) is 12.7 Å². The summed E-state index contributed by atoms with van der Waals surface area (Å²) in [7, 11) is 4.02. The number of carbonyl (C=O) groups is 4. The van der Waals surface area contributed by atoms with Crippen molar-refractivity contribution in [1.82, 2.24) is 10.6 Å². The van der Waals surface area contributed by atoms with Gasteiger partial charge in [-0.3, -0.25) is 14.4 Å². The van der Waals surface area contributed by atoms with Crippen LogP contribution in [0.2, 0.25) is 0 Å². The number of esters is 2. The Morgan fingerprint density at radius 2 is 1.52 bits per heavy atom. The molecule has 6 rings (SSSR count). The molecule has 0 bridgehead atoms. The Morgan fingerprint density at radius 1 is 0.879 bits per heavy atom. The molecular formula is C45H80N2O9S2. The van der Waals surface area contributed by atoms with Gasteiger partial charge in [-0.15, -0.1) is 0 Å². The molecule has 6 aliphatic rings. The normalized spacial score (nSPS) is 32.0. The molecular weight excluding hydrogens is 777 g/mol. The third kappa shape index (κ3) is 10.8. The average molecular weight is 857 g/mol. The summed E-state index contributed by atoms with van der Waals surface area (Å²) in [5.41, 5.74) is 0.239. The van der Waals surface area contributed by atoms with Crippen LogP contribution in [0.1, 0.15) is 167 Å². The third-order valence-corrected chi connectivity index (χ3v) is 17.4. The molecule has 4 aliphatic heterocycles. The minimum absolute atomic E-state index is 0. The lowest BCUT2D eigenvalue weighted by molar-refractivity contribution is -0.261. The average Bonchev–Trinajstić information content (AvgIpc) is 3.49. The van der Waals surface area contributed by atoms with Crippen LogP contribution >= 0.6 is 21.6 Å². The summed E-state index contributed by atoms with van der Waals surface area (Å²) in [6.45, 7) is 11.0. The molecule has 8 atom stereocenters. The molecule has 1 saturated carbocycles. The summed E-state index contributed by atoms with van der Waals surface area (Å²) < 4.78 is 25.3. The van der Waals surface area contributed by atoms with Crippen LogP contribution in [0.5, 0.6) is 0 Å². The molecule has 1 spiro atoms. The summed E-state index contributed by atoms with van der Waals surface area (Å²) in [6, 6.07) is 0. The number of hydrogen-bond donors (Lipinski definition) is 2. The zero-order chi connectivity index (χ0) is 40.5. The van der Waals surface area contributed by atoms with Crippen LogP contribution in [0.3, 0.4) is 0 Å². The zero-order valence-electron chi connectivity index (χ0n) is 35.9. The fraction of sp³-hybridized carbons (Fsp3) is 0.867. The maximum absolute atomic E-state index is 13.4. The first kappa shape index (κ1) is 47.3. The van der Waals surface area contributed by atoms with Crippen molar-refractivity contribution in [2.45, 2.75) is 191 Å². The lowest BCUT2D eigenvalue weighted by Gasteiger charge is -2.60. The molecule has 3 saturated heterocycles. The molecule has 2 amide bonds. The van der Waals surface area contributed by atoms with E-state index in [2.05, 4.69) is 38.3 Å². The Morgan fingerprint density at radius 3 is 2.14 bits per heavy atom. The highest BCUT2D eigenvalue weighted by Gasteiger charge is 2.84. The molecule has 4 heterocycles. The third-order valence-electron chi connectivity index (χ3n) is 14.4. The van der Waals surface area contributed by atoms with Gasteiger partial charge in [0.1, 0.15) is 23.9 Å². The molecule has 0 radical (unpaired) electrons. The summed E-state index contributed by atoms with van der Waals surface area (Å²) in [6.07, 6.45) is 20.0. The fourth-order valence-electron chi connectivity index (χ4n) is 11.0. The zero-order valence-corrected chi connectivity index (χ0v) is 37.6. The Labute approximate surface area is 360 Å². The van der Waals surface area contributed by atoms with E-state index in [0.717, 1.165) is 61.5 Å². The molecule has 4 N–H and O–H groups in total. The van der Waals surface area contributed by atoms with E-state index in [-0.39, 0.29) is 69.2 Å². The molecule has 0 aromatic heterocycles. The van der Waals surface area contributed by atoms with Crippen molar-refractivity contribution < 1.29 is 47.9 Å². The summed E-state index contributed by atoms with van der Waals surface area (Å²) in [4.78, 5) is 50.4. The van der Waals surface area contributed by atoms with E-state index < -0.39 is 17.3 Å². The van der Waals surface area contributed by atoms with Crippen molar-refractivity contribution in [2.75, 3.05) is 32.1 Å². The van der Waals surface area contributed by atoms with Gasteiger partial charge < -0.3 is 35.1 Å². The number of carbonyl (C=O) groups excluding carboxylic acids is 4. The van der Waals surface area contributed by atoms with Crippen molar-refractivity contribution in [2.24, 2.45) is 23.2 Å². The van der Waals surface area contributed by atoms with E-state index in [4.69, 9.17) is 18.9 Å². The number of hydrogen-bond acceptors (Lipinski definition) is 10. The SMILES string of the molecule is CC(C)[C@@H]1CC2O[C@@]23[C@@]2(C)CCC4=C(COC4=O)C2CO[C@]3(C)[C@@H]1OC(=O)CCCC(=O)NCCCCCCCCCCCCNC(=O)CCCCC1CCSS1.O.[HH].[HH].[HH]. The highest BCUT2D eigenvalue weighted by atomic mass is 33.1. The number of nitrogens with one attached hydrogen (secondary N) is 2. The van der Waals surface area contributed by atoms with Crippen molar-refractivity contribution >= 4 is 45.3 Å². The molecule has 3 unspecified atom stereocenters. The van der Waals surface area contributed by atoms with Gasteiger partial charge in [0, 0.05) is 70.5 Å². The van der Waals surface area contributed by atoms with E-state index in [1.807, 2.05) is 21.6 Å². The van der Waals surface area contributed by atoms with Gasteiger partial charge in [0.15, 0.2) is 0 Å². The lowest BCUT2D eigenvalue weighted by Crippen LogP contribution is -2.72. The van der Waals surface area contributed by atoms with Crippen molar-refractivity contribution in [3.63, 3.8) is 0 Å². The Kier molecular flexibility index (Phi) is 17.8. The number of epoxide rings is 1. The lowest BCUT2D eigenvalue weighted by atomic mass is 9.49. The highest BCUT2D eigenvalue weighted by molar-refractivity contribution is 8.77. The predicted octanol–water partition coefficient (Wildman–Crippen LogP) is 8.70. The van der Waals surface area contributed by atoms with Gasteiger partial charge >= 0.3 is 11.9 Å². The highest BCUT2D eigenvalue weighted by Crippen LogP contribution is 2.72. The minimum Gasteiger partial charge on any atom is -0.459 e. The number of ether oxygens (including phenoxy) is 4. The first-order valence-corrected chi connectivity index (χ1v) is 25.1. The molecule has 336 valence electrons. The van der Waals surface area contributed by atoms with Crippen LogP contribution in [0, 0.1) is 23.2 Å². The monoisotopic (exact) mass is 857 g/mol. The molecule has 0 aromatic carbocycles.